The van der Waals surface area contributed by atoms with Crippen molar-refractivity contribution in [2.24, 2.45) is 0 Å². The number of carbonyl (C=O) groups excluding carboxylic acids is 1. The maximum absolute atomic E-state index is 15.1. The summed E-state index contributed by atoms with van der Waals surface area (Å²) < 4.78 is 61.7. The molecule has 16 nitrogen and oxygen atoms in total. The van der Waals surface area contributed by atoms with E-state index in [2.05, 4.69) is 19.7 Å². The van der Waals surface area contributed by atoms with Crippen LogP contribution < -0.4 is 24.7 Å². The predicted molar refractivity (Wildman–Crippen MR) is 182 cm³/mol. The molecule has 2 aromatic carbocycles. The average Bonchev–Trinajstić information content (AvgIpc) is 3.08. The van der Waals surface area contributed by atoms with Crippen molar-refractivity contribution in [3.63, 3.8) is 0 Å². The molecule has 1 aliphatic rings. The molecule has 4 aromatic rings. The molecule has 50 heavy (non-hydrogen) atoms. The number of hydrogen-bond donors (Lipinski definition) is 1. The van der Waals surface area contributed by atoms with Gasteiger partial charge in [0.25, 0.3) is 5.56 Å². The Balaban J connectivity index is 1.43. The normalized spacial score (nSPS) is 13.7. The standard InChI is InChI=1S/C32H36FN9O7S/c1-7-39(5)50(45,46)38-23-9-8-22(33)27(21(23)16-34)48-25-11-10-24-26(28(25)47-6)29(43)42(19-37-24)20-17-35-30(36-18-20)40-12-14-41(15-13-40)31(44)49-32(2,3)4/h8-11,17-19,38H,7,12-15H2,1-6H3. The van der Waals surface area contributed by atoms with E-state index in [4.69, 9.17) is 14.2 Å². The van der Waals surface area contributed by atoms with Crippen LogP contribution in [0, 0.1) is 17.1 Å². The molecule has 5 rings (SSSR count). The number of carbonyl (C=O) groups is 1. The van der Waals surface area contributed by atoms with E-state index in [1.165, 1.54) is 49.6 Å². The number of piperazine rings is 1. The van der Waals surface area contributed by atoms with Crippen LogP contribution in [0.25, 0.3) is 16.6 Å². The molecular formula is C32H36FN9O7S. The molecule has 0 spiro atoms. The zero-order valence-electron chi connectivity index (χ0n) is 28.3. The summed E-state index contributed by atoms with van der Waals surface area (Å²) in [5.41, 5.74) is -1.27. The van der Waals surface area contributed by atoms with Gasteiger partial charge < -0.3 is 24.0 Å². The van der Waals surface area contributed by atoms with Gasteiger partial charge in [0.2, 0.25) is 5.95 Å². The van der Waals surface area contributed by atoms with Crippen molar-refractivity contribution >= 4 is 38.8 Å². The lowest BCUT2D eigenvalue weighted by Gasteiger charge is -2.35. The first-order valence-corrected chi connectivity index (χ1v) is 16.9. The van der Waals surface area contributed by atoms with Gasteiger partial charge in [0.1, 0.15) is 28.9 Å². The minimum absolute atomic E-state index is 0.0183. The molecule has 0 saturated carbocycles. The van der Waals surface area contributed by atoms with E-state index in [1.54, 1.807) is 17.9 Å². The van der Waals surface area contributed by atoms with E-state index in [1.807, 2.05) is 25.7 Å². The van der Waals surface area contributed by atoms with Gasteiger partial charge in [-0.25, -0.2) is 24.1 Å². The number of amides is 1. The van der Waals surface area contributed by atoms with Gasteiger partial charge in [-0.2, -0.15) is 18.0 Å². The molecule has 1 saturated heterocycles. The maximum Gasteiger partial charge on any atom is 0.410 e. The fourth-order valence-corrected chi connectivity index (χ4v) is 5.94. The van der Waals surface area contributed by atoms with Crippen molar-refractivity contribution in [1.82, 2.24) is 28.7 Å². The van der Waals surface area contributed by atoms with Crippen LogP contribution in [0.1, 0.15) is 33.3 Å². The summed E-state index contributed by atoms with van der Waals surface area (Å²) in [6.07, 6.45) is 3.84. The summed E-state index contributed by atoms with van der Waals surface area (Å²) in [4.78, 5) is 43.1. The van der Waals surface area contributed by atoms with Crippen molar-refractivity contribution in [3.8, 4) is 29.0 Å². The fourth-order valence-electron chi connectivity index (χ4n) is 4.99. The maximum atomic E-state index is 15.1. The Morgan fingerprint density at radius 3 is 2.36 bits per heavy atom. The molecule has 18 heteroatoms. The highest BCUT2D eigenvalue weighted by Gasteiger charge is 2.28. The first kappa shape index (κ1) is 35.8. The molecular weight excluding hydrogens is 673 g/mol. The number of nitriles is 1. The number of nitrogens with one attached hydrogen (secondary N) is 1. The number of rotatable bonds is 9. The zero-order chi connectivity index (χ0) is 36.4. The van der Waals surface area contributed by atoms with Crippen molar-refractivity contribution in [2.45, 2.75) is 33.3 Å². The van der Waals surface area contributed by atoms with E-state index in [0.717, 1.165) is 16.4 Å². The molecule has 1 fully saturated rings. The van der Waals surface area contributed by atoms with Crippen molar-refractivity contribution in [1.29, 1.82) is 5.26 Å². The Hall–Kier alpha value is -5.54. The zero-order valence-corrected chi connectivity index (χ0v) is 29.1. The third-order valence-corrected chi connectivity index (χ3v) is 9.25. The highest BCUT2D eigenvalue weighted by atomic mass is 32.2. The molecule has 0 aliphatic carbocycles. The quantitative estimate of drug-likeness (QED) is 0.266. The highest BCUT2D eigenvalue weighted by molar-refractivity contribution is 7.90. The van der Waals surface area contributed by atoms with Gasteiger partial charge in [0, 0.05) is 39.8 Å². The predicted octanol–water partition coefficient (Wildman–Crippen LogP) is 3.65. The number of aromatic nitrogens is 4. The third-order valence-electron chi connectivity index (χ3n) is 7.69. The first-order valence-electron chi connectivity index (χ1n) is 15.5. The van der Waals surface area contributed by atoms with Gasteiger partial charge in [-0.1, -0.05) is 6.92 Å². The molecule has 0 radical (unpaired) electrons. The summed E-state index contributed by atoms with van der Waals surface area (Å²) in [5, 5.41) is 9.88. The van der Waals surface area contributed by atoms with Crippen molar-refractivity contribution < 1.29 is 31.8 Å². The lowest BCUT2D eigenvalue weighted by Crippen LogP contribution is -2.50. The van der Waals surface area contributed by atoms with E-state index < -0.39 is 38.5 Å². The fraction of sp³-hybridized carbons (Fsp3) is 0.375. The van der Waals surface area contributed by atoms with Gasteiger partial charge in [-0.05, 0) is 45.0 Å². The number of methoxy groups -OCH3 is 1. The van der Waals surface area contributed by atoms with Gasteiger partial charge in [-0.15, -0.1) is 0 Å². The van der Waals surface area contributed by atoms with Crippen LogP contribution in [0.3, 0.4) is 0 Å². The van der Waals surface area contributed by atoms with Gasteiger partial charge in [-0.3, -0.25) is 14.1 Å². The second-order valence-electron chi connectivity index (χ2n) is 12.1. The average molecular weight is 710 g/mol. The highest BCUT2D eigenvalue weighted by Crippen LogP contribution is 2.40. The molecule has 1 amide bonds. The van der Waals surface area contributed by atoms with E-state index in [-0.39, 0.29) is 40.7 Å². The minimum Gasteiger partial charge on any atom is -0.492 e. The molecule has 1 N–H and O–H groups in total. The van der Waals surface area contributed by atoms with Crippen LogP contribution in [-0.2, 0) is 14.9 Å². The molecule has 0 atom stereocenters. The number of hydrogen-bond acceptors (Lipinski definition) is 12. The lowest BCUT2D eigenvalue weighted by atomic mass is 10.1. The Bertz CT molecular complexity index is 2120. The first-order chi connectivity index (χ1) is 23.7. The van der Waals surface area contributed by atoms with Crippen molar-refractivity contribution in [2.75, 3.05) is 56.5 Å². The third kappa shape index (κ3) is 7.38. The molecule has 0 bridgehead atoms. The van der Waals surface area contributed by atoms with E-state index >= 15 is 4.39 Å². The minimum atomic E-state index is -4.05. The monoisotopic (exact) mass is 709 g/mol. The molecule has 264 valence electrons. The lowest BCUT2D eigenvalue weighted by molar-refractivity contribution is 0.0240. The van der Waals surface area contributed by atoms with Gasteiger partial charge >= 0.3 is 16.3 Å². The summed E-state index contributed by atoms with van der Waals surface area (Å²) in [6, 6.07) is 6.71. The van der Waals surface area contributed by atoms with Crippen LogP contribution in [0.15, 0.2) is 47.8 Å². The number of halogens is 1. The molecule has 0 unspecified atom stereocenters. The van der Waals surface area contributed by atoms with Crippen LogP contribution >= 0.6 is 0 Å². The van der Waals surface area contributed by atoms with E-state index in [0.29, 0.717) is 37.8 Å². The summed E-state index contributed by atoms with van der Waals surface area (Å²) in [5.74, 6) is -1.36. The SMILES string of the molecule is CCN(C)S(=O)(=O)Nc1ccc(F)c(Oc2ccc3ncn(-c4cnc(N5CCN(C(=O)OC(C)(C)C)CC5)nc4)c(=O)c3c2OC)c1C#N. The Kier molecular flexibility index (Phi) is 10.1. The number of nitrogens with zero attached hydrogens (tertiary/aromatic N) is 8. The van der Waals surface area contributed by atoms with Crippen LogP contribution in [0.4, 0.5) is 20.8 Å². The topological polar surface area (TPSA) is 185 Å². The number of anilines is 2. The number of fused-ring (bicyclic) bond motifs is 1. The molecule has 1 aliphatic heterocycles. The van der Waals surface area contributed by atoms with Gasteiger partial charge in [0.05, 0.1) is 36.4 Å². The largest absolute Gasteiger partial charge is 0.492 e. The second-order valence-corrected chi connectivity index (χ2v) is 13.9. The Labute approximate surface area is 287 Å². The van der Waals surface area contributed by atoms with Crippen LogP contribution in [0.5, 0.6) is 17.2 Å². The second kappa shape index (κ2) is 14.1. The summed E-state index contributed by atoms with van der Waals surface area (Å²) >= 11 is 0. The molecule has 2 aromatic heterocycles. The Morgan fingerprint density at radius 1 is 1.08 bits per heavy atom. The number of benzene rings is 2. The molecule has 3 heterocycles. The van der Waals surface area contributed by atoms with Crippen LogP contribution in [0.2, 0.25) is 0 Å². The summed E-state index contributed by atoms with van der Waals surface area (Å²) in [6.45, 7) is 9.02. The Morgan fingerprint density at radius 2 is 1.76 bits per heavy atom. The van der Waals surface area contributed by atoms with Gasteiger partial charge in [0.15, 0.2) is 23.1 Å². The van der Waals surface area contributed by atoms with E-state index in [9.17, 15) is 23.3 Å². The number of ether oxygens (including phenoxy) is 3. The smallest absolute Gasteiger partial charge is 0.410 e. The van der Waals surface area contributed by atoms with Crippen LogP contribution in [-0.4, -0.2) is 95.7 Å². The summed E-state index contributed by atoms with van der Waals surface area (Å²) in [7, 11) is -1.43. The van der Waals surface area contributed by atoms with Crippen molar-refractivity contribution in [3.05, 3.63) is 64.7 Å².